The lowest BCUT2D eigenvalue weighted by Gasteiger charge is -2.26. The standard InChI is InChI=1S/C30H34N4O4/c1-36-25-9-7-21-18-23(6-5-22(21)19-25)29-26-20-24(30(35)31-11-12-33-13-16-37-17-14-33)8-10-27(26)34(32-29)28-4-2-3-15-38-28/h5-10,18-20,28H,2-4,11-17H2,1H3,(H,31,35). The van der Waals surface area contributed by atoms with E-state index in [1.54, 1.807) is 7.11 Å². The molecule has 1 unspecified atom stereocenters. The summed E-state index contributed by atoms with van der Waals surface area (Å²) in [5.74, 6) is 0.761. The maximum absolute atomic E-state index is 13.1. The van der Waals surface area contributed by atoms with Crippen molar-refractivity contribution in [3.05, 3.63) is 60.2 Å². The number of morpholine rings is 1. The Morgan fingerprint density at radius 3 is 2.68 bits per heavy atom. The minimum Gasteiger partial charge on any atom is -0.497 e. The molecule has 1 amide bonds. The van der Waals surface area contributed by atoms with Crippen LogP contribution in [0.5, 0.6) is 5.75 Å². The summed E-state index contributed by atoms with van der Waals surface area (Å²) in [6.45, 7) is 5.49. The fourth-order valence-corrected chi connectivity index (χ4v) is 5.38. The van der Waals surface area contributed by atoms with Crippen molar-refractivity contribution in [1.29, 1.82) is 0 Å². The van der Waals surface area contributed by atoms with Crippen LogP contribution in [0.1, 0.15) is 35.8 Å². The second kappa shape index (κ2) is 11.1. The summed E-state index contributed by atoms with van der Waals surface area (Å²) in [6, 6.07) is 18.3. The SMILES string of the molecule is COc1ccc2cc(-c3nn(C4CCCCO4)c4ccc(C(=O)NCCN5CCOCC5)cc34)ccc2c1. The number of nitrogens with one attached hydrogen (secondary N) is 1. The molecule has 3 aromatic carbocycles. The van der Waals surface area contributed by atoms with Gasteiger partial charge in [0.05, 0.1) is 25.8 Å². The number of carbonyl (C=O) groups excluding carboxylic acids is 1. The van der Waals surface area contributed by atoms with Crippen LogP contribution < -0.4 is 10.1 Å². The molecule has 1 N–H and O–H groups in total. The van der Waals surface area contributed by atoms with Crippen LogP contribution in [0.15, 0.2) is 54.6 Å². The smallest absolute Gasteiger partial charge is 0.251 e. The first kappa shape index (κ1) is 24.9. The van der Waals surface area contributed by atoms with E-state index in [-0.39, 0.29) is 12.1 Å². The van der Waals surface area contributed by atoms with Gasteiger partial charge in [-0.25, -0.2) is 4.68 Å². The molecule has 1 aromatic heterocycles. The van der Waals surface area contributed by atoms with Crippen molar-refractivity contribution in [2.24, 2.45) is 0 Å². The molecule has 6 rings (SSSR count). The van der Waals surface area contributed by atoms with Crippen molar-refractivity contribution >= 4 is 27.6 Å². The summed E-state index contributed by atoms with van der Waals surface area (Å²) < 4.78 is 18.9. The minimum atomic E-state index is -0.0992. The first-order chi connectivity index (χ1) is 18.7. The fraction of sp³-hybridized carbons (Fsp3) is 0.400. The Morgan fingerprint density at radius 1 is 1.03 bits per heavy atom. The van der Waals surface area contributed by atoms with Gasteiger partial charge in [0.2, 0.25) is 0 Å². The van der Waals surface area contributed by atoms with E-state index >= 15 is 0 Å². The molecule has 0 saturated carbocycles. The molecule has 38 heavy (non-hydrogen) atoms. The number of carbonyl (C=O) groups is 1. The molecule has 0 spiro atoms. The van der Waals surface area contributed by atoms with Crippen LogP contribution >= 0.6 is 0 Å². The Bertz CT molecular complexity index is 1440. The van der Waals surface area contributed by atoms with E-state index in [1.165, 1.54) is 0 Å². The summed E-state index contributed by atoms with van der Waals surface area (Å²) in [5.41, 5.74) is 3.48. The zero-order valence-electron chi connectivity index (χ0n) is 21.8. The number of nitrogens with zero attached hydrogens (tertiary/aromatic N) is 3. The van der Waals surface area contributed by atoms with Crippen molar-refractivity contribution in [2.75, 3.05) is 53.1 Å². The van der Waals surface area contributed by atoms with Crippen LogP contribution in [0.3, 0.4) is 0 Å². The molecule has 0 bridgehead atoms. The maximum Gasteiger partial charge on any atom is 0.251 e. The Kier molecular flexibility index (Phi) is 7.27. The molecule has 2 fully saturated rings. The highest BCUT2D eigenvalue weighted by Crippen LogP contribution is 2.35. The van der Waals surface area contributed by atoms with Crippen molar-refractivity contribution in [2.45, 2.75) is 25.5 Å². The molecular formula is C30H34N4O4. The normalized spacial score (nSPS) is 18.6. The van der Waals surface area contributed by atoms with Gasteiger partial charge in [0.15, 0.2) is 6.23 Å². The Balaban J connectivity index is 1.33. The van der Waals surface area contributed by atoms with Crippen LogP contribution in [-0.2, 0) is 9.47 Å². The first-order valence-corrected chi connectivity index (χ1v) is 13.5. The highest BCUT2D eigenvalue weighted by molar-refractivity contribution is 6.02. The second-order valence-corrected chi connectivity index (χ2v) is 9.98. The zero-order chi connectivity index (χ0) is 25.9. The minimum absolute atomic E-state index is 0.0709. The largest absolute Gasteiger partial charge is 0.497 e. The summed E-state index contributed by atoms with van der Waals surface area (Å²) in [6.07, 6.45) is 3.02. The van der Waals surface area contributed by atoms with E-state index in [4.69, 9.17) is 19.3 Å². The molecule has 8 heteroatoms. The van der Waals surface area contributed by atoms with Gasteiger partial charge < -0.3 is 19.5 Å². The number of fused-ring (bicyclic) bond motifs is 2. The highest BCUT2D eigenvalue weighted by Gasteiger charge is 2.23. The monoisotopic (exact) mass is 514 g/mol. The number of hydrogen-bond donors (Lipinski definition) is 1. The van der Waals surface area contributed by atoms with Crippen LogP contribution in [0.4, 0.5) is 0 Å². The number of aromatic nitrogens is 2. The molecule has 198 valence electrons. The third-order valence-corrected chi connectivity index (χ3v) is 7.53. The molecule has 2 aliphatic rings. The predicted octanol–water partition coefficient (Wildman–Crippen LogP) is 4.63. The number of rotatable bonds is 7. The van der Waals surface area contributed by atoms with Gasteiger partial charge in [-0.3, -0.25) is 9.69 Å². The van der Waals surface area contributed by atoms with Crippen molar-refractivity contribution < 1.29 is 19.0 Å². The molecular weight excluding hydrogens is 480 g/mol. The van der Waals surface area contributed by atoms with Gasteiger partial charge in [-0.15, -0.1) is 0 Å². The van der Waals surface area contributed by atoms with Gasteiger partial charge in [-0.05, 0) is 66.4 Å². The van der Waals surface area contributed by atoms with E-state index in [2.05, 4.69) is 34.5 Å². The number of benzene rings is 3. The van der Waals surface area contributed by atoms with Gasteiger partial charge in [0, 0.05) is 49.3 Å². The summed E-state index contributed by atoms with van der Waals surface area (Å²) >= 11 is 0. The third kappa shape index (κ3) is 5.12. The number of ether oxygens (including phenoxy) is 3. The molecule has 0 aliphatic carbocycles. The lowest BCUT2D eigenvalue weighted by atomic mass is 10.0. The summed E-state index contributed by atoms with van der Waals surface area (Å²) in [5, 5.41) is 11.3. The van der Waals surface area contributed by atoms with E-state index in [9.17, 15) is 4.79 Å². The average Bonchev–Trinajstić information content (AvgIpc) is 3.36. The van der Waals surface area contributed by atoms with E-state index < -0.39 is 0 Å². The number of amides is 1. The average molecular weight is 515 g/mol. The maximum atomic E-state index is 13.1. The third-order valence-electron chi connectivity index (χ3n) is 7.53. The van der Waals surface area contributed by atoms with Gasteiger partial charge in [-0.1, -0.05) is 18.2 Å². The Morgan fingerprint density at radius 2 is 1.87 bits per heavy atom. The molecule has 1 atom stereocenters. The van der Waals surface area contributed by atoms with Crippen molar-refractivity contribution in [3.8, 4) is 17.0 Å². The lowest BCUT2D eigenvalue weighted by molar-refractivity contribution is -0.0365. The molecule has 8 nitrogen and oxygen atoms in total. The molecule has 2 saturated heterocycles. The summed E-state index contributed by atoms with van der Waals surface area (Å²) in [7, 11) is 1.68. The molecule has 4 aromatic rings. The van der Waals surface area contributed by atoms with Crippen molar-refractivity contribution in [3.63, 3.8) is 0 Å². The number of hydrogen-bond acceptors (Lipinski definition) is 6. The Hall–Kier alpha value is -3.46. The van der Waals surface area contributed by atoms with Gasteiger partial charge >= 0.3 is 0 Å². The molecule has 2 aliphatic heterocycles. The quantitative estimate of drug-likeness (QED) is 0.388. The van der Waals surface area contributed by atoms with Gasteiger partial charge in [-0.2, -0.15) is 5.10 Å². The lowest BCUT2D eigenvalue weighted by Crippen LogP contribution is -2.41. The van der Waals surface area contributed by atoms with Gasteiger partial charge in [0.25, 0.3) is 5.91 Å². The fourth-order valence-electron chi connectivity index (χ4n) is 5.38. The van der Waals surface area contributed by atoms with Gasteiger partial charge in [0.1, 0.15) is 11.4 Å². The predicted molar refractivity (Wildman–Crippen MR) is 148 cm³/mol. The summed E-state index contributed by atoms with van der Waals surface area (Å²) in [4.78, 5) is 15.4. The number of methoxy groups -OCH3 is 1. The van der Waals surface area contributed by atoms with E-state index in [0.29, 0.717) is 12.1 Å². The van der Waals surface area contributed by atoms with Crippen LogP contribution in [-0.4, -0.2) is 73.7 Å². The van der Waals surface area contributed by atoms with Crippen LogP contribution in [0, 0.1) is 0 Å². The Labute approximate surface area is 222 Å². The second-order valence-electron chi connectivity index (χ2n) is 9.98. The van der Waals surface area contributed by atoms with E-state index in [0.717, 1.165) is 97.4 Å². The zero-order valence-corrected chi connectivity index (χ0v) is 21.8. The highest BCUT2D eigenvalue weighted by atomic mass is 16.5. The molecule has 3 heterocycles. The van der Waals surface area contributed by atoms with Crippen LogP contribution in [0.2, 0.25) is 0 Å². The van der Waals surface area contributed by atoms with Crippen LogP contribution in [0.25, 0.3) is 32.9 Å². The molecule has 0 radical (unpaired) electrons. The van der Waals surface area contributed by atoms with Crippen molar-refractivity contribution in [1.82, 2.24) is 20.0 Å². The van der Waals surface area contributed by atoms with E-state index in [1.807, 2.05) is 35.0 Å². The first-order valence-electron chi connectivity index (χ1n) is 13.5. The topological polar surface area (TPSA) is 77.8 Å².